The van der Waals surface area contributed by atoms with E-state index in [0.717, 1.165) is 5.70 Å². The minimum absolute atomic E-state index is 0.0653. The fourth-order valence-corrected chi connectivity index (χ4v) is 3.86. The Kier molecular flexibility index (Phi) is 8.59. The van der Waals surface area contributed by atoms with Crippen molar-refractivity contribution in [1.29, 1.82) is 5.26 Å². The smallest absolute Gasteiger partial charge is 0.288 e. The molecule has 0 radical (unpaired) electrons. The zero-order chi connectivity index (χ0) is 26.1. The van der Waals surface area contributed by atoms with E-state index in [0.29, 0.717) is 39.6 Å². The number of nitriles is 1. The molecule has 3 rings (SSSR count). The number of hydrogen-bond donors (Lipinski definition) is 1. The minimum atomic E-state index is -3.97. The Morgan fingerprint density at radius 2 is 2.06 bits per heavy atom. The van der Waals surface area contributed by atoms with Gasteiger partial charge >= 0.3 is 0 Å². The number of aryl methyl sites for hydroxylation is 1. The van der Waals surface area contributed by atoms with E-state index in [-0.39, 0.29) is 13.0 Å². The molecule has 1 N–H and O–H groups in total. The molecular weight excluding hydrogens is 482 g/mol. The van der Waals surface area contributed by atoms with Gasteiger partial charge in [-0.15, -0.1) is 4.91 Å². The molecule has 0 saturated carbocycles. The van der Waals surface area contributed by atoms with Gasteiger partial charge in [-0.05, 0) is 50.6 Å². The monoisotopic (exact) mass is 507 g/mol. The van der Waals surface area contributed by atoms with E-state index in [9.17, 15) is 18.6 Å². The number of fused-ring (bicyclic) bond motifs is 1. The average molecular weight is 508 g/mol. The summed E-state index contributed by atoms with van der Waals surface area (Å²) >= 11 is 0. The van der Waals surface area contributed by atoms with Gasteiger partial charge in [0.2, 0.25) is 0 Å². The first-order valence-electron chi connectivity index (χ1n) is 10.9. The van der Waals surface area contributed by atoms with E-state index in [1.807, 2.05) is 44.2 Å². The van der Waals surface area contributed by atoms with Crippen molar-refractivity contribution >= 4 is 21.2 Å². The van der Waals surface area contributed by atoms with Crippen molar-refractivity contribution < 1.29 is 17.9 Å². The Bertz CT molecular complexity index is 1470. The van der Waals surface area contributed by atoms with E-state index in [4.69, 9.17) is 9.47 Å². The molecule has 3 aromatic rings. The zero-order valence-electron chi connectivity index (χ0n) is 19.8. The molecule has 0 aliphatic rings. The van der Waals surface area contributed by atoms with E-state index in [1.54, 1.807) is 28.9 Å². The van der Waals surface area contributed by atoms with Crippen LogP contribution in [0.5, 0.6) is 11.5 Å². The number of anilines is 1. The first-order valence-corrected chi connectivity index (χ1v) is 12.5. The molecule has 36 heavy (non-hydrogen) atoms. The molecule has 0 fully saturated rings. The first-order chi connectivity index (χ1) is 17.3. The van der Waals surface area contributed by atoms with Gasteiger partial charge < -0.3 is 14.8 Å². The maximum Gasteiger partial charge on any atom is 0.288 e. The van der Waals surface area contributed by atoms with Gasteiger partial charge in [-0.1, -0.05) is 24.8 Å². The van der Waals surface area contributed by atoms with Crippen molar-refractivity contribution in [2.24, 2.45) is 4.58 Å². The molecule has 0 aliphatic carbocycles. The molecule has 0 unspecified atom stereocenters. The molecule has 10 nitrogen and oxygen atoms in total. The van der Waals surface area contributed by atoms with Crippen molar-refractivity contribution in [1.82, 2.24) is 9.61 Å². The molecule has 0 spiro atoms. The zero-order valence-corrected chi connectivity index (χ0v) is 20.7. The van der Waals surface area contributed by atoms with Gasteiger partial charge in [0.25, 0.3) is 10.0 Å². The van der Waals surface area contributed by atoms with Crippen LogP contribution in [0.4, 0.5) is 5.69 Å². The summed E-state index contributed by atoms with van der Waals surface area (Å²) in [7, 11) is -3.97. The number of nitroso groups, excluding NO2 is 1. The Morgan fingerprint density at radius 3 is 2.72 bits per heavy atom. The summed E-state index contributed by atoms with van der Waals surface area (Å²) in [5.74, 6) is 1.31. The molecule has 11 heteroatoms. The number of nitrogens with zero attached hydrogens (tertiary/aromatic N) is 4. The van der Waals surface area contributed by atoms with Crippen molar-refractivity contribution in [2.75, 3.05) is 17.7 Å². The molecule has 0 aliphatic heterocycles. The van der Waals surface area contributed by atoms with Gasteiger partial charge in [0.05, 0.1) is 46.1 Å². The second-order valence-corrected chi connectivity index (χ2v) is 9.40. The number of hydrogen-bond acceptors (Lipinski definition) is 8. The number of benzene rings is 1. The Balaban J connectivity index is 1.83. The lowest BCUT2D eigenvalue weighted by Gasteiger charge is -2.11. The summed E-state index contributed by atoms with van der Waals surface area (Å²) in [6.45, 7) is 7.50. The van der Waals surface area contributed by atoms with Gasteiger partial charge in [0.15, 0.2) is 0 Å². The van der Waals surface area contributed by atoms with Crippen molar-refractivity contribution in [3.8, 4) is 17.6 Å². The van der Waals surface area contributed by atoms with Crippen LogP contribution in [0.2, 0.25) is 0 Å². The van der Waals surface area contributed by atoms with Crippen LogP contribution in [-0.2, 0) is 10.0 Å². The quantitative estimate of drug-likeness (QED) is 0.159. The van der Waals surface area contributed by atoms with Crippen LogP contribution < -0.4 is 14.8 Å². The maximum atomic E-state index is 11.2. The molecule has 0 atom stereocenters. The predicted octanol–water partition coefficient (Wildman–Crippen LogP) is 4.84. The van der Waals surface area contributed by atoms with Crippen LogP contribution in [0.15, 0.2) is 83.6 Å². The first kappa shape index (κ1) is 26.2. The Hall–Kier alpha value is -4.43. The average Bonchev–Trinajstić information content (AvgIpc) is 3.20. The van der Waals surface area contributed by atoms with Crippen LogP contribution in [0.1, 0.15) is 24.5 Å². The summed E-state index contributed by atoms with van der Waals surface area (Å²) in [5, 5.41) is 17.2. The number of para-hydroxylation sites is 1. The summed E-state index contributed by atoms with van der Waals surface area (Å²) in [5.41, 5.74) is 2.94. The number of nitrogens with one attached hydrogen (secondary N) is 1. The molecule has 186 valence electrons. The van der Waals surface area contributed by atoms with Crippen molar-refractivity contribution in [2.45, 2.75) is 20.3 Å². The third kappa shape index (κ3) is 6.58. The molecule has 0 saturated heterocycles. The van der Waals surface area contributed by atoms with Crippen LogP contribution in [-0.4, -0.2) is 30.4 Å². The summed E-state index contributed by atoms with van der Waals surface area (Å²) in [6, 6.07) is 11.5. The largest absolute Gasteiger partial charge is 0.492 e. The van der Waals surface area contributed by atoms with Gasteiger partial charge in [0, 0.05) is 11.3 Å². The molecule has 1 aromatic carbocycles. The SMILES string of the molecule is C=C/C(=C\C=C(/C)Nc1c(C#N)cnn2cc(OCCCS(=O)(=O)N=O)c(C)c12)Oc1ccccc1. The minimum Gasteiger partial charge on any atom is -0.492 e. The van der Waals surface area contributed by atoms with E-state index in [1.165, 1.54) is 6.20 Å². The number of allylic oxidation sites excluding steroid dienone is 4. The maximum absolute atomic E-state index is 11.2. The second kappa shape index (κ2) is 11.8. The summed E-state index contributed by atoms with van der Waals surface area (Å²) in [4.78, 5) is 10.3. The van der Waals surface area contributed by atoms with Crippen LogP contribution in [0.25, 0.3) is 5.52 Å². The standard InChI is InChI=1S/C25H25N5O5S/c1-4-21(35-22-9-6-5-7-10-22)12-11-18(2)28-24-20(15-26)16-27-30-17-23(19(3)25(24)30)34-13-8-14-36(32,33)29-31/h4-7,9-12,16-17,28H,1,8,13-14H2,2-3H3/b18-11+,21-12+. The van der Waals surface area contributed by atoms with E-state index in [2.05, 4.69) is 27.6 Å². The lowest BCUT2D eigenvalue weighted by Crippen LogP contribution is -2.07. The predicted molar refractivity (Wildman–Crippen MR) is 137 cm³/mol. The number of rotatable bonds is 12. The summed E-state index contributed by atoms with van der Waals surface area (Å²) in [6.07, 6.45) is 8.35. The molecule has 0 amide bonds. The fourth-order valence-electron chi connectivity index (χ4n) is 3.30. The highest BCUT2D eigenvalue weighted by atomic mass is 32.2. The number of aromatic nitrogens is 2. The van der Waals surface area contributed by atoms with Crippen LogP contribution >= 0.6 is 0 Å². The van der Waals surface area contributed by atoms with Crippen LogP contribution in [0.3, 0.4) is 0 Å². The van der Waals surface area contributed by atoms with Gasteiger partial charge in [-0.3, -0.25) is 0 Å². The van der Waals surface area contributed by atoms with E-state index >= 15 is 0 Å². The third-order valence-corrected chi connectivity index (χ3v) is 6.08. The lowest BCUT2D eigenvalue weighted by molar-refractivity contribution is 0.316. The summed E-state index contributed by atoms with van der Waals surface area (Å²) < 4.78 is 37.7. The lowest BCUT2D eigenvalue weighted by atomic mass is 10.2. The van der Waals surface area contributed by atoms with Gasteiger partial charge in [-0.2, -0.15) is 10.4 Å². The number of sulfonamides is 1. The molecule has 2 heterocycles. The normalized spacial score (nSPS) is 12.1. The Morgan fingerprint density at radius 1 is 1.31 bits per heavy atom. The van der Waals surface area contributed by atoms with Crippen molar-refractivity contribution in [3.63, 3.8) is 0 Å². The van der Waals surface area contributed by atoms with E-state index < -0.39 is 15.8 Å². The third-order valence-electron chi connectivity index (χ3n) is 5.05. The topological polar surface area (TPSA) is 135 Å². The fraction of sp³-hybridized carbons (Fsp3) is 0.200. The van der Waals surface area contributed by atoms with Gasteiger partial charge in [-0.25, -0.2) is 12.9 Å². The molecule has 0 bridgehead atoms. The number of ether oxygens (including phenoxy) is 2. The molecule has 2 aromatic heterocycles. The Labute approximate surface area is 209 Å². The highest BCUT2D eigenvalue weighted by Crippen LogP contribution is 2.32. The highest BCUT2D eigenvalue weighted by Gasteiger charge is 2.17. The van der Waals surface area contributed by atoms with Gasteiger partial charge in [0.1, 0.15) is 23.3 Å². The molecular formula is C25H25N5O5S. The second-order valence-electron chi connectivity index (χ2n) is 7.68. The highest BCUT2D eigenvalue weighted by molar-refractivity contribution is 7.89. The van der Waals surface area contributed by atoms with Crippen molar-refractivity contribution in [3.05, 3.63) is 95.0 Å². The van der Waals surface area contributed by atoms with Crippen LogP contribution in [0, 0.1) is 23.2 Å².